The van der Waals surface area contributed by atoms with Crippen LogP contribution < -0.4 is 10.1 Å². The van der Waals surface area contributed by atoms with E-state index < -0.39 is 11.7 Å². The Hall–Kier alpha value is -2.10. The van der Waals surface area contributed by atoms with Crippen LogP contribution >= 0.6 is 22.7 Å². The third-order valence-corrected chi connectivity index (χ3v) is 6.44. The molecule has 0 amide bonds. The van der Waals surface area contributed by atoms with E-state index in [1.165, 1.54) is 17.4 Å². The van der Waals surface area contributed by atoms with E-state index in [0.717, 1.165) is 16.5 Å². The van der Waals surface area contributed by atoms with Gasteiger partial charge in [0.15, 0.2) is 5.13 Å². The summed E-state index contributed by atoms with van der Waals surface area (Å²) in [6.07, 6.45) is -2.86. The van der Waals surface area contributed by atoms with E-state index in [1.807, 2.05) is 16.8 Å². The van der Waals surface area contributed by atoms with E-state index in [4.69, 9.17) is 4.74 Å². The minimum Gasteiger partial charge on any atom is -0.492 e. The fourth-order valence-corrected chi connectivity index (χ4v) is 4.88. The maximum absolute atomic E-state index is 13.7. The topological polar surface area (TPSA) is 37.4 Å². The van der Waals surface area contributed by atoms with Crippen molar-refractivity contribution in [3.8, 4) is 16.2 Å². The summed E-state index contributed by atoms with van der Waals surface area (Å²) in [6.45, 7) is 9.31. The Bertz CT molecular complexity index is 961. The molecule has 0 aliphatic heterocycles. The van der Waals surface area contributed by atoms with Crippen LogP contribution in [0.2, 0.25) is 0 Å². The molecule has 2 heterocycles. The van der Waals surface area contributed by atoms with E-state index in [0.29, 0.717) is 30.4 Å². The summed E-state index contributed by atoms with van der Waals surface area (Å²) in [5.41, 5.74) is 0.186. The van der Waals surface area contributed by atoms with Crippen LogP contribution in [0.4, 0.5) is 24.0 Å². The number of rotatable bonds is 9. The highest BCUT2D eigenvalue weighted by atomic mass is 32.1. The van der Waals surface area contributed by atoms with E-state index in [9.17, 15) is 13.2 Å². The molecule has 0 atom stereocenters. The lowest BCUT2D eigenvalue weighted by Crippen LogP contribution is -2.39. The van der Waals surface area contributed by atoms with Crippen molar-refractivity contribution >= 4 is 33.5 Å². The average molecular weight is 470 g/mol. The molecule has 0 fully saturated rings. The van der Waals surface area contributed by atoms with Crippen LogP contribution in [0, 0.1) is 0 Å². The zero-order chi connectivity index (χ0) is 22.6. The predicted molar refractivity (Wildman–Crippen MR) is 123 cm³/mol. The summed E-state index contributed by atoms with van der Waals surface area (Å²) in [7, 11) is 0. The van der Waals surface area contributed by atoms with Gasteiger partial charge in [-0.3, -0.25) is 4.90 Å². The lowest BCUT2D eigenvalue weighted by atomic mass is 10.1. The van der Waals surface area contributed by atoms with Crippen LogP contribution in [-0.2, 0) is 6.18 Å². The molecule has 9 heteroatoms. The normalized spacial score (nSPS) is 12.2. The molecule has 3 aromatic rings. The van der Waals surface area contributed by atoms with Crippen LogP contribution in [0.5, 0.6) is 5.75 Å². The lowest BCUT2D eigenvalue weighted by Gasteiger charge is -2.30. The molecule has 168 valence electrons. The van der Waals surface area contributed by atoms with Gasteiger partial charge in [-0.05, 0) is 62.7 Å². The molecule has 1 aromatic carbocycles. The summed E-state index contributed by atoms with van der Waals surface area (Å²) < 4.78 is 46.8. The fourth-order valence-electron chi connectivity index (χ4n) is 3.32. The number of nitrogens with zero attached hydrogens (tertiary/aromatic N) is 2. The van der Waals surface area contributed by atoms with Gasteiger partial charge in [0.1, 0.15) is 12.4 Å². The summed E-state index contributed by atoms with van der Waals surface area (Å²) in [4.78, 5) is 7.35. The number of thiophene rings is 1. The molecular formula is C22H26F3N3OS2. The number of nitrogens with one attached hydrogen (secondary N) is 1. The first-order valence-corrected chi connectivity index (χ1v) is 11.8. The molecule has 0 bridgehead atoms. The monoisotopic (exact) mass is 469 g/mol. The van der Waals surface area contributed by atoms with Gasteiger partial charge < -0.3 is 10.1 Å². The highest BCUT2D eigenvalue weighted by molar-refractivity contribution is 7.19. The maximum atomic E-state index is 13.7. The molecule has 0 saturated carbocycles. The fraction of sp³-hybridized carbons (Fsp3) is 0.409. The summed E-state index contributed by atoms with van der Waals surface area (Å²) >= 11 is 2.87. The Morgan fingerprint density at radius 3 is 2.48 bits per heavy atom. The van der Waals surface area contributed by atoms with E-state index in [1.54, 1.807) is 23.6 Å². The second-order valence-corrected chi connectivity index (χ2v) is 9.46. The van der Waals surface area contributed by atoms with Gasteiger partial charge in [-0.15, -0.1) is 0 Å². The van der Waals surface area contributed by atoms with Gasteiger partial charge in [-0.1, -0.05) is 11.3 Å². The minimum atomic E-state index is -4.52. The van der Waals surface area contributed by atoms with Crippen LogP contribution in [0.1, 0.15) is 33.3 Å². The number of thiazole rings is 1. The average Bonchev–Trinajstić information content (AvgIpc) is 3.36. The van der Waals surface area contributed by atoms with Crippen molar-refractivity contribution in [2.75, 3.05) is 18.5 Å². The molecular weight excluding hydrogens is 443 g/mol. The molecule has 0 spiro atoms. The molecule has 0 unspecified atom stereocenters. The number of benzene rings is 1. The number of hydrogen-bond acceptors (Lipinski definition) is 6. The third-order valence-electron chi connectivity index (χ3n) is 4.79. The zero-order valence-corrected chi connectivity index (χ0v) is 19.5. The number of ether oxygens (including phenoxy) is 1. The van der Waals surface area contributed by atoms with E-state index >= 15 is 0 Å². The van der Waals surface area contributed by atoms with Crippen LogP contribution in [-0.4, -0.2) is 35.1 Å². The van der Waals surface area contributed by atoms with Crippen LogP contribution in [0.15, 0.2) is 41.2 Å². The first-order chi connectivity index (χ1) is 14.6. The molecule has 31 heavy (non-hydrogen) atoms. The summed E-state index contributed by atoms with van der Waals surface area (Å²) in [5, 5.41) is 7.15. The molecule has 2 aromatic heterocycles. The maximum Gasteiger partial charge on any atom is 0.418 e. The second kappa shape index (κ2) is 10.0. The molecule has 1 N–H and O–H groups in total. The molecule has 4 nitrogen and oxygen atoms in total. The number of aromatic nitrogens is 1. The number of halogens is 3. The molecule has 0 saturated heterocycles. The lowest BCUT2D eigenvalue weighted by molar-refractivity contribution is -0.137. The minimum absolute atomic E-state index is 0.0444. The Morgan fingerprint density at radius 1 is 1.13 bits per heavy atom. The Labute approximate surface area is 188 Å². The van der Waals surface area contributed by atoms with E-state index in [-0.39, 0.29) is 11.4 Å². The van der Waals surface area contributed by atoms with Crippen LogP contribution in [0.25, 0.3) is 10.4 Å². The van der Waals surface area contributed by atoms with Gasteiger partial charge in [0.2, 0.25) is 0 Å². The Kier molecular flexibility index (Phi) is 7.61. The van der Waals surface area contributed by atoms with Crippen molar-refractivity contribution in [3.63, 3.8) is 0 Å². The number of alkyl halides is 3. The number of anilines is 2. The van der Waals surface area contributed by atoms with Crippen LogP contribution in [0.3, 0.4) is 0 Å². The smallest absolute Gasteiger partial charge is 0.418 e. The third kappa shape index (κ3) is 6.21. The molecule has 0 aliphatic carbocycles. The first kappa shape index (κ1) is 23.6. The zero-order valence-electron chi connectivity index (χ0n) is 17.9. The second-order valence-electron chi connectivity index (χ2n) is 7.65. The molecule has 3 rings (SSSR count). The SMILES string of the molecule is CC(C)N(CCOc1ccc(Nc2ncc(-c3ccsc3)s2)c(C(F)(F)F)c1)C(C)C. The summed E-state index contributed by atoms with van der Waals surface area (Å²) in [6, 6.07) is 6.61. The standard InChI is InChI=1S/C22H26F3N3OS2/c1-14(2)28(15(3)4)8-9-29-17-5-6-19(18(11-17)22(23,24)25)27-21-26-12-20(31-21)16-7-10-30-13-16/h5-7,10-15H,8-9H2,1-4H3,(H,26,27). The van der Waals surface area contributed by atoms with E-state index in [2.05, 4.69) is 42.9 Å². The number of hydrogen-bond donors (Lipinski definition) is 1. The highest BCUT2D eigenvalue weighted by Gasteiger charge is 2.34. The van der Waals surface area contributed by atoms with Gasteiger partial charge in [0.05, 0.1) is 16.1 Å². The summed E-state index contributed by atoms with van der Waals surface area (Å²) in [5.74, 6) is 0.198. The van der Waals surface area contributed by atoms with Gasteiger partial charge in [0, 0.05) is 30.4 Å². The van der Waals surface area contributed by atoms with Gasteiger partial charge in [0.25, 0.3) is 0 Å². The Balaban J connectivity index is 1.73. The van der Waals surface area contributed by atoms with Crippen molar-refractivity contribution in [2.45, 2.75) is 46.0 Å². The largest absolute Gasteiger partial charge is 0.492 e. The van der Waals surface area contributed by atoms with Crippen molar-refractivity contribution < 1.29 is 17.9 Å². The van der Waals surface area contributed by atoms with Gasteiger partial charge in [-0.25, -0.2) is 4.98 Å². The van der Waals surface area contributed by atoms with Gasteiger partial charge >= 0.3 is 6.18 Å². The van der Waals surface area contributed by atoms with Crippen molar-refractivity contribution in [3.05, 3.63) is 46.8 Å². The van der Waals surface area contributed by atoms with Gasteiger partial charge in [-0.2, -0.15) is 24.5 Å². The quantitative estimate of drug-likeness (QED) is 0.362. The van der Waals surface area contributed by atoms with Crippen molar-refractivity contribution in [1.29, 1.82) is 0 Å². The Morgan fingerprint density at radius 2 is 1.87 bits per heavy atom. The molecule has 0 radical (unpaired) electrons. The first-order valence-electron chi connectivity index (χ1n) is 10.0. The van der Waals surface area contributed by atoms with Crippen molar-refractivity contribution in [2.24, 2.45) is 0 Å². The predicted octanol–water partition coefficient (Wildman–Crippen LogP) is 7.13. The highest BCUT2D eigenvalue weighted by Crippen LogP contribution is 2.39. The molecule has 0 aliphatic rings. The van der Waals surface area contributed by atoms with Crippen molar-refractivity contribution in [1.82, 2.24) is 9.88 Å².